The molecule has 0 saturated heterocycles. The zero-order valence-corrected chi connectivity index (χ0v) is 16.4. The van der Waals surface area contributed by atoms with Crippen molar-refractivity contribution in [3.63, 3.8) is 0 Å². The Hall–Kier alpha value is -0.940. The molecular formula is C19H34N2O2S. The van der Waals surface area contributed by atoms with Gasteiger partial charge in [0.25, 0.3) is 0 Å². The minimum absolute atomic E-state index is 0.0889. The van der Waals surface area contributed by atoms with Crippen molar-refractivity contribution in [2.45, 2.75) is 83.2 Å². The van der Waals surface area contributed by atoms with Crippen LogP contribution < -0.4 is 5.32 Å². The van der Waals surface area contributed by atoms with E-state index in [0.29, 0.717) is 0 Å². The highest BCUT2D eigenvalue weighted by molar-refractivity contribution is 7.91. The number of nitrogens with zero attached hydrogens (tertiary/aromatic N) is 1. The molecule has 1 heterocycles. The number of hydrogen-bond acceptors (Lipinski definition) is 4. The summed E-state index contributed by atoms with van der Waals surface area (Å²) in [6.45, 7) is 6.97. The average molecular weight is 355 g/mol. The largest absolute Gasteiger partial charge is 0.310 e. The van der Waals surface area contributed by atoms with E-state index in [1.165, 1.54) is 51.4 Å². The predicted molar refractivity (Wildman–Crippen MR) is 101 cm³/mol. The van der Waals surface area contributed by atoms with Crippen molar-refractivity contribution in [2.24, 2.45) is 0 Å². The van der Waals surface area contributed by atoms with Crippen LogP contribution in [0.4, 0.5) is 0 Å². The maximum atomic E-state index is 11.8. The number of unbranched alkanes of at least 4 members (excludes halogenated alkanes) is 7. The number of rotatable bonds is 13. The van der Waals surface area contributed by atoms with Gasteiger partial charge in [0.1, 0.15) is 0 Å². The molecule has 0 unspecified atom stereocenters. The van der Waals surface area contributed by atoms with Gasteiger partial charge in [-0.25, -0.2) is 13.4 Å². The predicted octanol–water partition coefficient (Wildman–Crippen LogP) is 4.67. The molecule has 138 valence electrons. The first-order valence-corrected chi connectivity index (χ1v) is 11.1. The van der Waals surface area contributed by atoms with Crippen LogP contribution in [0.1, 0.15) is 83.7 Å². The number of aromatic nitrogens is 1. The summed E-state index contributed by atoms with van der Waals surface area (Å²) in [4.78, 5) is 4.11. The molecular weight excluding hydrogens is 320 g/mol. The van der Waals surface area contributed by atoms with Crippen molar-refractivity contribution < 1.29 is 8.42 Å². The van der Waals surface area contributed by atoms with Crippen LogP contribution in [0, 0.1) is 0 Å². The lowest BCUT2D eigenvalue weighted by Gasteiger charge is -2.14. The zero-order chi connectivity index (χ0) is 17.8. The summed E-state index contributed by atoms with van der Waals surface area (Å²) in [7, 11) is -3.21. The van der Waals surface area contributed by atoms with Crippen LogP contribution in [-0.4, -0.2) is 25.7 Å². The van der Waals surface area contributed by atoms with Crippen LogP contribution in [-0.2, 0) is 9.84 Å². The number of nitrogens with one attached hydrogen (secondary N) is 1. The minimum Gasteiger partial charge on any atom is -0.310 e. The lowest BCUT2D eigenvalue weighted by molar-refractivity contribution is 0.520. The van der Waals surface area contributed by atoms with Gasteiger partial charge in [0, 0.05) is 12.2 Å². The Kier molecular flexibility index (Phi) is 10.2. The van der Waals surface area contributed by atoms with Crippen molar-refractivity contribution in [2.75, 3.05) is 12.3 Å². The van der Waals surface area contributed by atoms with E-state index >= 15 is 0 Å². The molecule has 0 bridgehead atoms. The Balaban J connectivity index is 2.22. The van der Waals surface area contributed by atoms with E-state index in [4.69, 9.17) is 0 Å². The van der Waals surface area contributed by atoms with Crippen molar-refractivity contribution in [3.8, 4) is 0 Å². The highest BCUT2D eigenvalue weighted by Gasteiger charge is 2.13. The first kappa shape index (κ1) is 21.1. The monoisotopic (exact) mass is 354 g/mol. The molecule has 1 atom stereocenters. The summed E-state index contributed by atoms with van der Waals surface area (Å²) >= 11 is 0. The summed E-state index contributed by atoms with van der Waals surface area (Å²) in [5.74, 6) is 0.0889. The fraction of sp³-hybridized carbons (Fsp3) is 0.737. The molecule has 24 heavy (non-hydrogen) atoms. The maximum absolute atomic E-state index is 11.8. The SMILES string of the molecule is CCCCCCCCCCN[C@@H](C)c1ccc(S(=O)(=O)CC)nc1. The molecule has 0 radical (unpaired) electrons. The van der Waals surface area contributed by atoms with Crippen molar-refractivity contribution in [1.29, 1.82) is 0 Å². The van der Waals surface area contributed by atoms with E-state index in [-0.39, 0.29) is 16.8 Å². The van der Waals surface area contributed by atoms with Gasteiger partial charge in [0.05, 0.1) is 5.75 Å². The van der Waals surface area contributed by atoms with E-state index in [0.717, 1.165) is 12.1 Å². The lowest BCUT2D eigenvalue weighted by Crippen LogP contribution is -2.20. The Labute approximate surface area is 148 Å². The van der Waals surface area contributed by atoms with Gasteiger partial charge in [0.15, 0.2) is 14.9 Å². The highest BCUT2D eigenvalue weighted by atomic mass is 32.2. The molecule has 4 nitrogen and oxygen atoms in total. The quantitative estimate of drug-likeness (QED) is 0.523. The van der Waals surface area contributed by atoms with Crippen LogP contribution in [0.3, 0.4) is 0 Å². The summed E-state index contributed by atoms with van der Waals surface area (Å²) < 4.78 is 23.5. The van der Waals surface area contributed by atoms with E-state index in [2.05, 4.69) is 24.1 Å². The zero-order valence-electron chi connectivity index (χ0n) is 15.6. The fourth-order valence-corrected chi connectivity index (χ4v) is 3.46. The molecule has 0 amide bonds. The van der Waals surface area contributed by atoms with Gasteiger partial charge in [0.2, 0.25) is 0 Å². The second-order valence-electron chi connectivity index (χ2n) is 6.48. The van der Waals surface area contributed by atoms with Crippen LogP contribution in [0.5, 0.6) is 0 Å². The number of hydrogen-bond donors (Lipinski definition) is 1. The molecule has 0 aliphatic heterocycles. The smallest absolute Gasteiger partial charge is 0.195 e. The van der Waals surface area contributed by atoms with Gasteiger partial charge in [-0.1, -0.05) is 64.9 Å². The maximum Gasteiger partial charge on any atom is 0.195 e. The van der Waals surface area contributed by atoms with Gasteiger partial charge in [-0.15, -0.1) is 0 Å². The fourth-order valence-electron chi connectivity index (χ4n) is 2.68. The first-order valence-electron chi connectivity index (χ1n) is 9.43. The topological polar surface area (TPSA) is 59.1 Å². The Morgan fingerprint density at radius 2 is 1.62 bits per heavy atom. The van der Waals surface area contributed by atoms with E-state index < -0.39 is 9.84 Å². The lowest BCUT2D eigenvalue weighted by atomic mass is 10.1. The molecule has 0 fully saturated rings. The second-order valence-corrected chi connectivity index (χ2v) is 8.71. The molecule has 1 aromatic heterocycles. The van der Waals surface area contributed by atoms with Gasteiger partial charge in [-0.2, -0.15) is 0 Å². The molecule has 1 aromatic rings. The van der Waals surface area contributed by atoms with Gasteiger partial charge < -0.3 is 5.32 Å². The summed E-state index contributed by atoms with van der Waals surface area (Å²) in [6, 6.07) is 3.67. The van der Waals surface area contributed by atoms with Crippen molar-refractivity contribution in [3.05, 3.63) is 23.9 Å². The Morgan fingerprint density at radius 1 is 1.00 bits per heavy atom. The highest BCUT2D eigenvalue weighted by Crippen LogP contribution is 2.15. The summed E-state index contributed by atoms with van der Waals surface area (Å²) in [5, 5.41) is 3.66. The minimum atomic E-state index is -3.21. The summed E-state index contributed by atoms with van der Waals surface area (Å²) in [5.41, 5.74) is 1.03. The third kappa shape index (κ3) is 7.75. The van der Waals surface area contributed by atoms with E-state index in [9.17, 15) is 8.42 Å². The average Bonchev–Trinajstić information content (AvgIpc) is 2.60. The van der Waals surface area contributed by atoms with Crippen molar-refractivity contribution >= 4 is 9.84 Å². The molecule has 0 aromatic carbocycles. The van der Waals surface area contributed by atoms with E-state index in [1.807, 2.05) is 6.07 Å². The molecule has 1 N–H and O–H groups in total. The number of sulfone groups is 1. The van der Waals surface area contributed by atoms with Gasteiger partial charge in [-0.05, 0) is 31.5 Å². The van der Waals surface area contributed by atoms with Crippen LogP contribution >= 0.6 is 0 Å². The molecule has 0 spiro atoms. The molecule has 0 aliphatic carbocycles. The number of pyridine rings is 1. The standard InChI is InChI=1S/C19H34N2O2S/c1-4-6-7-8-9-10-11-12-15-20-17(3)18-13-14-19(21-16-18)24(22,23)5-2/h13-14,16-17,20H,4-12,15H2,1-3H3/t17-/m0/s1. The molecule has 5 heteroatoms. The van der Waals surface area contributed by atoms with Crippen LogP contribution in [0.2, 0.25) is 0 Å². The molecule has 1 rings (SSSR count). The third-order valence-corrected chi connectivity index (χ3v) is 6.08. The third-order valence-electron chi connectivity index (χ3n) is 4.44. The molecule has 0 saturated carbocycles. The normalized spacial score (nSPS) is 13.1. The Bertz CT molecular complexity index is 541. The van der Waals surface area contributed by atoms with E-state index in [1.54, 1.807) is 19.2 Å². The van der Waals surface area contributed by atoms with Crippen molar-refractivity contribution in [1.82, 2.24) is 10.3 Å². The van der Waals surface area contributed by atoms with Gasteiger partial charge in [-0.3, -0.25) is 0 Å². The second kappa shape index (κ2) is 11.6. The first-order chi connectivity index (χ1) is 11.5. The Morgan fingerprint density at radius 3 is 2.17 bits per heavy atom. The summed E-state index contributed by atoms with van der Waals surface area (Å²) in [6.07, 6.45) is 12.2. The van der Waals surface area contributed by atoms with Crippen LogP contribution in [0.25, 0.3) is 0 Å². The van der Waals surface area contributed by atoms with Crippen LogP contribution in [0.15, 0.2) is 23.4 Å². The molecule has 0 aliphatic rings. The van der Waals surface area contributed by atoms with Gasteiger partial charge >= 0.3 is 0 Å².